The summed E-state index contributed by atoms with van der Waals surface area (Å²) in [5, 5.41) is 11.5. The van der Waals surface area contributed by atoms with Gasteiger partial charge in [0.25, 0.3) is 0 Å². The molecule has 3 aromatic heterocycles. The van der Waals surface area contributed by atoms with Crippen LogP contribution in [0.2, 0.25) is 0 Å². The van der Waals surface area contributed by atoms with Gasteiger partial charge in [0.2, 0.25) is 0 Å². The molecule has 0 atom stereocenters. The van der Waals surface area contributed by atoms with Crippen molar-refractivity contribution in [2.24, 2.45) is 0 Å². The second-order valence-electron chi connectivity index (χ2n) is 12.8. The van der Waals surface area contributed by atoms with E-state index in [1.807, 2.05) is 66.7 Å². The molecule has 8 aromatic carbocycles. The van der Waals surface area contributed by atoms with Gasteiger partial charge in [-0.25, -0.2) is 15.0 Å². The van der Waals surface area contributed by atoms with E-state index in [1.165, 1.54) is 21.5 Å². The van der Waals surface area contributed by atoms with E-state index in [0.717, 1.165) is 71.3 Å². The van der Waals surface area contributed by atoms with Crippen molar-refractivity contribution in [1.82, 2.24) is 15.0 Å². The van der Waals surface area contributed by atoms with Gasteiger partial charge in [-0.3, -0.25) is 0 Å². The average Bonchev–Trinajstić information content (AvgIpc) is 3.74. The number of hydrogen-bond donors (Lipinski definition) is 0. The second kappa shape index (κ2) is 10.3. The van der Waals surface area contributed by atoms with E-state index in [-0.39, 0.29) is 0 Å². The van der Waals surface area contributed by atoms with E-state index in [4.69, 9.17) is 23.8 Å². The minimum Gasteiger partial charge on any atom is -0.456 e. The summed E-state index contributed by atoms with van der Waals surface area (Å²) < 4.78 is 12.4. The van der Waals surface area contributed by atoms with Gasteiger partial charge < -0.3 is 8.83 Å². The molecule has 3 heterocycles. The zero-order chi connectivity index (χ0) is 32.8. The third-order valence-electron chi connectivity index (χ3n) is 9.88. The van der Waals surface area contributed by atoms with Crippen molar-refractivity contribution in [1.29, 1.82) is 0 Å². The summed E-state index contributed by atoms with van der Waals surface area (Å²) in [6.45, 7) is 0. The minimum atomic E-state index is 0.595. The lowest BCUT2D eigenvalue weighted by atomic mass is 9.94. The summed E-state index contributed by atoms with van der Waals surface area (Å²) >= 11 is 0. The fourth-order valence-electron chi connectivity index (χ4n) is 7.46. The van der Waals surface area contributed by atoms with Crippen LogP contribution in [0.3, 0.4) is 0 Å². The fraction of sp³-hybridized carbons (Fsp3) is 0. The molecular weight excluding hydrogens is 615 g/mol. The van der Waals surface area contributed by atoms with E-state index in [2.05, 4.69) is 84.9 Å². The van der Waals surface area contributed by atoms with Gasteiger partial charge in [-0.1, -0.05) is 109 Å². The Morgan fingerprint density at radius 3 is 1.54 bits per heavy atom. The quantitative estimate of drug-likeness (QED) is 0.180. The highest BCUT2D eigenvalue weighted by Crippen LogP contribution is 2.39. The van der Waals surface area contributed by atoms with Gasteiger partial charge in [0.1, 0.15) is 22.3 Å². The van der Waals surface area contributed by atoms with Crippen LogP contribution in [0.5, 0.6) is 0 Å². The lowest BCUT2D eigenvalue weighted by Crippen LogP contribution is -2.00. The highest BCUT2D eigenvalue weighted by Gasteiger charge is 2.16. The Balaban J connectivity index is 1.10. The predicted octanol–water partition coefficient (Wildman–Crippen LogP) is 12.1. The Morgan fingerprint density at radius 2 is 0.820 bits per heavy atom. The van der Waals surface area contributed by atoms with Crippen LogP contribution in [0.1, 0.15) is 0 Å². The van der Waals surface area contributed by atoms with Gasteiger partial charge in [0.05, 0.1) is 0 Å². The number of furan rings is 2. The third-order valence-corrected chi connectivity index (χ3v) is 9.88. The Kier molecular flexibility index (Phi) is 5.60. The largest absolute Gasteiger partial charge is 0.456 e. The number of fused-ring (bicyclic) bond motifs is 11. The molecule has 11 aromatic rings. The van der Waals surface area contributed by atoms with E-state index < -0.39 is 0 Å². The highest BCUT2D eigenvalue weighted by molar-refractivity contribution is 6.23. The summed E-state index contributed by atoms with van der Waals surface area (Å²) in [7, 11) is 0. The van der Waals surface area contributed by atoms with Gasteiger partial charge >= 0.3 is 0 Å². The summed E-state index contributed by atoms with van der Waals surface area (Å²) in [5.74, 6) is 1.83. The van der Waals surface area contributed by atoms with Crippen molar-refractivity contribution < 1.29 is 8.83 Å². The number of aromatic nitrogens is 3. The van der Waals surface area contributed by atoms with Crippen LogP contribution in [-0.2, 0) is 0 Å². The minimum absolute atomic E-state index is 0.595. The first-order valence-electron chi connectivity index (χ1n) is 16.7. The van der Waals surface area contributed by atoms with Gasteiger partial charge in [0, 0.05) is 38.2 Å². The molecule has 0 spiro atoms. The molecule has 5 heteroatoms. The molecule has 0 aliphatic heterocycles. The summed E-state index contributed by atoms with van der Waals surface area (Å²) in [5.41, 5.74) is 6.19. The van der Waals surface area contributed by atoms with Crippen molar-refractivity contribution in [3.63, 3.8) is 0 Å². The van der Waals surface area contributed by atoms with E-state index >= 15 is 0 Å². The zero-order valence-corrected chi connectivity index (χ0v) is 26.6. The van der Waals surface area contributed by atoms with Crippen LogP contribution in [0.15, 0.2) is 160 Å². The van der Waals surface area contributed by atoms with E-state index in [0.29, 0.717) is 17.5 Å². The molecule has 0 saturated heterocycles. The molecule has 0 bridgehead atoms. The molecule has 0 N–H and O–H groups in total. The molecule has 50 heavy (non-hydrogen) atoms. The number of hydrogen-bond acceptors (Lipinski definition) is 5. The molecule has 0 saturated carbocycles. The second-order valence-corrected chi connectivity index (χ2v) is 12.8. The van der Waals surface area contributed by atoms with Crippen LogP contribution in [0.25, 0.3) is 110 Å². The number of para-hydroxylation sites is 2. The molecule has 0 unspecified atom stereocenters. The smallest absolute Gasteiger partial charge is 0.164 e. The SMILES string of the molecule is c1ccc(-c2nc(-c3ccc4c(ccc5ccc6cc7oc8ccccc8c7cc6c54)c3)nc(-c3ccc4c(c3)oc3ccccc34)n2)cc1. The molecule has 0 aliphatic carbocycles. The van der Waals surface area contributed by atoms with Gasteiger partial charge in [-0.05, 0) is 74.8 Å². The maximum atomic E-state index is 6.22. The molecular formula is C45H25N3O2. The van der Waals surface area contributed by atoms with Crippen molar-refractivity contribution in [2.45, 2.75) is 0 Å². The van der Waals surface area contributed by atoms with Crippen LogP contribution in [-0.4, -0.2) is 15.0 Å². The standard InChI is InChI=1S/C45H25N3O2/c1-2-8-27(9-3-1)43-46-44(48-45(47-43)31-19-21-35-33-10-4-6-12-38(33)49-40(35)24-31)30-18-20-32-28(22-30)16-14-26-15-17-29-23-41-37(25-36(29)42(26)32)34-11-5-7-13-39(34)50-41/h1-25H. The van der Waals surface area contributed by atoms with Crippen molar-refractivity contribution in [3.05, 3.63) is 152 Å². The molecule has 0 aliphatic rings. The first kappa shape index (κ1) is 27.1. The van der Waals surface area contributed by atoms with Crippen LogP contribution < -0.4 is 0 Å². The number of benzene rings is 8. The third kappa shape index (κ3) is 4.10. The van der Waals surface area contributed by atoms with E-state index in [9.17, 15) is 0 Å². The summed E-state index contributed by atoms with van der Waals surface area (Å²) in [4.78, 5) is 15.0. The fourth-order valence-corrected chi connectivity index (χ4v) is 7.46. The Hall–Kier alpha value is -6.85. The average molecular weight is 640 g/mol. The topological polar surface area (TPSA) is 65.0 Å². The van der Waals surface area contributed by atoms with Crippen LogP contribution in [0.4, 0.5) is 0 Å². The first-order chi connectivity index (χ1) is 24.7. The molecule has 232 valence electrons. The molecule has 0 amide bonds. The lowest BCUT2D eigenvalue weighted by molar-refractivity contribution is 0.669. The van der Waals surface area contributed by atoms with E-state index in [1.54, 1.807) is 0 Å². The Labute approximate surface area is 285 Å². The number of rotatable bonds is 3. The van der Waals surface area contributed by atoms with Gasteiger partial charge in [-0.2, -0.15) is 0 Å². The molecule has 5 nitrogen and oxygen atoms in total. The maximum absolute atomic E-state index is 6.22. The monoisotopic (exact) mass is 639 g/mol. The van der Waals surface area contributed by atoms with Crippen molar-refractivity contribution >= 4 is 76.2 Å². The highest BCUT2D eigenvalue weighted by atomic mass is 16.3. The van der Waals surface area contributed by atoms with Crippen molar-refractivity contribution in [2.75, 3.05) is 0 Å². The molecule has 0 fully saturated rings. The first-order valence-corrected chi connectivity index (χ1v) is 16.7. The summed E-state index contributed by atoms with van der Waals surface area (Å²) in [6.07, 6.45) is 0. The van der Waals surface area contributed by atoms with Crippen LogP contribution >= 0.6 is 0 Å². The molecule has 0 radical (unpaired) electrons. The Bertz CT molecular complexity index is 3160. The number of nitrogens with zero attached hydrogens (tertiary/aromatic N) is 3. The van der Waals surface area contributed by atoms with Crippen molar-refractivity contribution in [3.8, 4) is 34.2 Å². The summed E-state index contributed by atoms with van der Waals surface area (Å²) in [6, 6.07) is 52.3. The normalized spacial score (nSPS) is 12.0. The zero-order valence-electron chi connectivity index (χ0n) is 26.6. The maximum Gasteiger partial charge on any atom is 0.164 e. The Morgan fingerprint density at radius 1 is 0.300 bits per heavy atom. The van der Waals surface area contributed by atoms with Gasteiger partial charge in [0.15, 0.2) is 17.5 Å². The molecule has 11 rings (SSSR count). The predicted molar refractivity (Wildman–Crippen MR) is 203 cm³/mol. The van der Waals surface area contributed by atoms with Crippen LogP contribution in [0, 0.1) is 0 Å². The van der Waals surface area contributed by atoms with Gasteiger partial charge in [-0.15, -0.1) is 0 Å². The lowest BCUT2D eigenvalue weighted by Gasteiger charge is -2.11.